The van der Waals surface area contributed by atoms with Crippen molar-refractivity contribution in [3.63, 3.8) is 0 Å². The third-order valence-electron chi connectivity index (χ3n) is 6.35. The Bertz CT molecular complexity index is 1010. The molecule has 8 heteroatoms. The first-order valence-corrected chi connectivity index (χ1v) is 13.2. The fraction of sp³-hybridized carbons (Fsp3) is 0.458. The second-order valence-electron chi connectivity index (χ2n) is 8.63. The topological polar surface area (TPSA) is 69.7 Å². The lowest BCUT2D eigenvalue weighted by Crippen LogP contribution is -2.43. The van der Waals surface area contributed by atoms with E-state index in [1.165, 1.54) is 22.8 Å². The summed E-state index contributed by atoms with van der Waals surface area (Å²) in [5.41, 5.74) is 3.03. The molecule has 4 rings (SSSR count). The predicted molar refractivity (Wildman–Crippen MR) is 128 cm³/mol. The molecule has 2 heterocycles. The number of nitrogens with one attached hydrogen (secondary N) is 1. The second kappa shape index (κ2) is 10.2. The van der Waals surface area contributed by atoms with Crippen molar-refractivity contribution < 1.29 is 13.2 Å². The van der Waals surface area contributed by atoms with E-state index < -0.39 is 10.0 Å². The van der Waals surface area contributed by atoms with Crippen molar-refractivity contribution in [2.75, 3.05) is 31.1 Å². The van der Waals surface area contributed by atoms with Crippen molar-refractivity contribution >= 4 is 33.2 Å². The summed E-state index contributed by atoms with van der Waals surface area (Å²) >= 11 is 5.88. The third-order valence-corrected chi connectivity index (χ3v) is 8.46. The lowest BCUT2D eigenvalue weighted by molar-refractivity contribution is -0.126. The number of anilines is 1. The number of piperidine rings is 1. The zero-order valence-corrected chi connectivity index (χ0v) is 19.7. The van der Waals surface area contributed by atoms with Gasteiger partial charge in [0.2, 0.25) is 15.9 Å². The normalized spacial score (nSPS) is 18.1. The van der Waals surface area contributed by atoms with Gasteiger partial charge >= 0.3 is 0 Å². The molecule has 0 bridgehead atoms. The zero-order chi connectivity index (χ0) is 22.6. The van der Waals surface area contributed by atoms with Crippen LogP contribution in [0.1, 0.15) is 36.8 Å². The minimum Gasteiger partial charge on any atom is -0.372 e. The van der Waals surface area contributed by atoms with Gasteiger partial charge in [0, 0.05) is 49.4 Å². The molecule has 172 valence electrons. The maximum atomic E-state index is 12.7. The van der Waals surface area contributed by atoms with Gasteiger partial charge in [-0.15, -0.1) is 0 Å². The van der Waals surface area contributed by atoms with Gasteiger partial charge in [-0.1, -0.05) is 35.9 Å². The van der Waals surface area contributed by atoms with Crippen LogP contribution < -0.4 is 10.2 Å². The number of sulfonamides is 1. The number of carbonyl (C=O) groups excluding carboxylic acids is 1. The highest BCUT2D eigenvalue weighted by molar-refractivity contribution is 7.88. The van der Waals surface area contributed by atoms with Crippen LogP contribution in [-0.4, -0.2) is 44.8 Å². The molecule has 0 radical (unpaired) electrons. The Labute approximate surface area is 195 Å². The van der Waals surface area contributed by atoms with Crippen molar-refractivity contribution in [1.29, 1.82) is 0 Å². The molecule has 2 aliphatic heterocycles. The molecule has 0 atom stereocenters. The van der Waals surface area contributed by atoms with Gasteiger partial charge in [0.25, 0.3) is 0 Å². The summed E-state index contributed by atoms with van der Waals surface area (Å²) < 4.78 is 27.0. The van der Waals surface area contributed by atoms with E-state index in [1.807, 2.05) is 0 Å². The summed E-state index contributed by atoms with van der Waals surface area (Å²) in [4.78, 5) is 15.0. The minimum absolute atomic E-state index is 0.00312. The van der Waals surface area contributed by atoms with Crippen LogP contribution in [0, 0.1) is 5.92 Å². The van der Waals surface area contributed by atoms with Gasteiger partial charge < -0.3 is 10.2 Å². The third kappa shape index (κ3) is 5.82. The molecule has 6 nitrogen and oxygen atoms in total. The van der Waals surface area contributed by atoms with Crippen LogP contribution in [0.25, 0.3) is 0 Å². The van der Waals surface area contributed by atoms with Gasteiger partial charge in [-0.3, -0.25) is 4.79 Å². The van der Waals surface area contributed by atoms with E-state index in [1.54, 1.807) is 24.3 Å². The molecule has 0 aliphatic carbocycles. The highest BCUT2D eigenvalue weighted by Gasteiger charge is 2.31. The molecular weight excluding hydrogens is 446 g/mol. The Morgan fingerprint density at radius 2 is 1.50 bits per heavy atom. The first-order chi connectivity index (χ1) is 15.4. The van der Waals surface area contributed by atoms with Crippen molar-refractivity contribution in [1.82, 2.24) is 9.62 Å². The van der Waals surface area contributed by atoms with Crippen molar-refractivity contribution in [3.8, 4) is 0 Å². The van der Waals surface area contributed by atoms with Crippen LogP contribution in [0.3, 0.4) is 0 Å². The molecular formula is C24H30ClN3O3S. The molecule has 0 unspecified atom stereocenters. The Morgan fingerprint density at radius 1 is 0.906 bits per heavy atom. The molecule has 2 aromatic rings. The minimum atomic E-state index is -3.41. The van der Waals surface area contributed by atoms with E-state index in [9.17, 15) is 13.2 Å². The monoisotopic (exact) mass is 475 g/mol. The Morgan fingerprint density at radius 3 is 2.12 bits per heavy atom. The number of carbonyl (C=O) groups is 1. The quantitative estimate of drug-likeness (QED) is 0.661. The van der Waals surface area contributed by atoms with Crippen LogP contribution in [0.15, 0.2) is 48.5 Å². The first kappa shape index (κ1) is 23.1. The lowest BCUT2D eigenvalue weighted by atomic mass is 9.97. The van der Waals surface area contributed by atoms with Crippen LogP contribution in [0.2, 0.25) is 5.02 Å². The summed E-state index contributed by atoms with van der Waals surface area (Å²) in [6.07, 6.45) is 3.58. The van der Waals surface area contributed by atoms with Gasteiger partial charge in [0.15, 0.2) is 0 Å². The van der Waals surface area contributed by atoms with E-state index in [-0.39, 0.29) is 17.6 Å². The number of hydrogen-bond donors (Lipinski definition) is 1. The van der Waals surface area contributed by atoms with Crippen molar-refractivity contribution in [2.24, 2.45) is 5.92 Å². The maximum Gasteiger partial charge on any atom is 0.223 e. The fourth-order valence-corrected chi connectivity index (χ4v) is 6.10. The molecule has 2 fully saturated rings. The van der Waals surface area contributed by atoms with E-state index in [4.69, 9.17) is 11.6 Å². The number of halogens is 1. The standard InChI is InChI=1S/C24H30ClN3O3S/c25-22-7-3-20(4-8-22)18-32(30,31)28-15-11-21(12-16-28)24(29)26-17-19-5-9-23(10-6-19)27-13-1-2-14-27/h3-10,21H,1-2,11-18H2,(H,26,29). The van der Waals surface area contributed by atoms with Gasteiger partial charge in [0.1, 0.15) is 0 Å². The second-order valence-corrected chi connectivity index (χ2v) is 11.0. The first-order valence-electron chi connectivity index (χ1n) is 11.2. The number of amides is 1. The molecule has 1 amide bonds. The molecule has 0 saturated carbocycles. The predicted octanol–water partition coefficient (Wildman–Crippen LogP) is 3.80. The van der Waals surface area contributed by atoms with E-state index in [0.29, 0.717) is 43.1 Å². The van der Waals surface area contributed by atoms with Crippen molar-refractivity contribution in [2.45, 2.75) is 38.0 Å². The smallest absolute Gasteiger partial charge is 0.223 e. The SMILES string of the molecule is O=C(NCc1ccc(N2CCCC2)cc1)C1CCN(S(=O)(=O)Cc2ccc(Cl)cc2)CC1. The molecule has 2 aromatic carbocycles. The maximum absolute atomic E-state index is 12.7. The highest BCUT2D eigenvalue weighted by atomic mass is 35.5. The molecule has 2 saturated heterocycles. The van der Waals surface area contributed by atoms with Crippen LogP contribution in [0.4, 0.5) is 5.69 Å². The summed E-state index contributed by atoms with van der Waals surface area (Å²) in [5.74, 6) is -0.196. The molecule has 2 aliphatic rings. The molecule has 0 spiro atoms. The lowest BCUT2D eigenvalue weighted by Gasteiger charge is -2.30. The van der Waals surface area contributed by atoms with E-state index >= 15 is 0 Å². The average Bonchev–Trinajstić information content (AvgIpc) is 3.34. The van der Waals surface area contributed by atoms with E-state index in [2.05, 4.69) is 34.5 Å². The Balaban J connectivity index is 1.23. The van der Waals surface area contributed by atoms with Crippen LogP contribution in [-0.2, 0) is 27.1 Å². The highest BCUT2D eigenvalue weighted by Crippen LogP contribution is 2.23. The Hall–Kier alpha value is -2.09. The zero-order valence-electron chi connectivity index (χ0n) is 18.2. The number of hydrogen-bond acceptors (Lipinski definition) is 4. The van der Waals surface area contributed by atoms with E-state index in [0.717, 1.165) is 18.7 Å². The number of rotatable bonds is 7. The molecule has 1 N–H and O–H groups in total. The summed E-state index contributed by atoms with van der Waals surface area (Å²) in [6.45, 7) is 3.47. The summed E-state index contributed by atoms with van der Waals surface area (Å²) in [6, 6.07) is 15.2. The van der Waals surface area contributed by atoms with Crippen LogP contribution in [0.5, 0.6) is 0 Å². The number of benzene rings is 2. The van der Waals surface area contributed by atoms with Gasteiger partial charge in [-0.05, 0) is 61.1 Å². The summed E-state index contributed by atoms with van der Waals surface area (Å²) in [5, 5.41) is 3.61. The average molecular weight is 476 g/mol. The fourth-order valence-electron chi connectivity index (χ4n) is 4.41. The molecule has 0 aromatic heterocycles. The number of nitrogens with zero attached hydrogens (tertiary/aromatic N) is 2. The molecule has 32 heavy (non-hydrogen) atoms. The largest absolute Gasteiger partial charge is 0.372 e. The van der Waals surface area contributed by atoms with Crippen molar-refractivity contribution in [3.05, 3.63) is 64.7 Å². The van der Waals surface area contributed by atoms with Gasteiger partial charge in [-0.25, -0.2) is 12.7 Å². The van der Waals surface area contributed by atoms with Gasteiger partial charge in [0.05, 0.1) is 5.75 Å². The van der Waals surface area contributed by atoms with Crippen LogP contribution >= 0.6 is 11.6 Å². The summed E-state index contributed by atoms with van der Waals surface area (Å²) in [7, 11) is -3.41. The van der Waals surface area contributed by atoms with Gasteiger partial charge in [-0.2, -0.15) is 0 Å². The Kier molecular flexibility index (Phi) is 7.38.